The van der Waals surface area contributed by atoms with Gasteiger partial charge in [-0.25, -0.2) is 0 Å². The first kappa shape index (κ1) is 31.2. The molecule has 0 aliphatic carbocycles. The smallest absolute Gasteiger partial charge is 0.0619 e. The van der Waals surface area contributed by atoms with Gasteiger partial charge in [0.25, 0.3) is 0 Å². The highest BCUT2D eigenvalue weighted by molar-refractivity contribution is 6.23. The quantitative estimate of drug-likeness (QED) is 0.168. The Labute approximate surface area is 319 Å². The third-order valence-corrected chi connectivity index (χ3v) is 11.1. The van der Waals surface area contributed by atoms with E-state index < -0.39 is 0 Å². The van der Waals surface area contributed by atoms with Gasteiger partial charge < -0.3 is 14.0 Å². The first-order valence-electron chi connectivity index (χ1n) is 18.9. The molecule has 0 atom stereocenters. The summed E-state index contributed by atoms with van der Waals surface area (Å²) in [4.78, 5) is 2.31. The molecule has 0 amide bonds. The molecule has 3 nitrogen and oxygen atoms in total. The summed E-state index contributed by atoms with van der Waals surface area (Å²) in [6.07, 6.45) is 0. The molecule has 0 bridgehead atoms. The highest BCUT2D eigenvalue weighted by atomic mass is 15.1. The molecule has 0 fully saturated rings. The summed E-state index contributed by atoms with van der Waals surface area (Å²) in [6, 6.07) is 76.8. The Hall–Kier alpha value is -7.36. The van der Waals surface area contributed by atoms with Gasteiger partial charge >= 0.3 is 0 Å². The average Bonchev–Trinajstić information content (AvgIpc) is 3.76. The van der Waals surface area contributed by atoms with Gasteiger partial charge in [-0.15, -0.1) is 0 Å². The van der Waals surface area contributed by atoms with Crippen LogP contribution in [0.2, 0.25) is 0 Å². The van der Waals surface area contributed by atoms with Crippen molar-refractivity contribution in [3.8, 4) is 22.5 Å². The van der Waals surface area contributed by atoms with Crippen LogP contribution in [-0.2, 0) is 0 Å². The fraction of sp³-hybridized carbons (Fsp3) is 0. The molecule has 0 radical (unpaired) electrons. The average molecular weight is 702 g/mol. The van der Waals surface area contributed by atoms with E-state index in [1.54, 1.807) is 0 Å². The van der Waals surface area contributed by atoms with E-state index in [1.165, 1.54) is 65.5 Å². The van der Waals surface area contributed by atoms with Crippen molar-refractivity contribution < 1.29 is 0 Å². The van der Waals surface area contributed by atoms with Crippen molar-refractivity contribution in [2.75, 3.05) is 4.90 Å². The molecule has 2 heterocycles. The largest absolute Gasteiger partial charge is 0.311 e. The number of hydrogen-bond donors (Lipinski definition) is 0. The van der Waals surface area contributed by atoms with Gasteiger partial charge in [0.15, 0.2) is 0 Å². The van der Waals surface area contributed by atoms with Gasteiger partial charge in [-0.3, -0.25) is 0 Å². The summed E-state index contributed by atoms with van der Waals surface area (Å²) in [5.41, 5.74) is 12.9. The molecular formula is C52H35N3. The highest BCUT2D eigenvalue weighted by Crippen LogP contribution is 2.43. The summed E-state index contributed by atoms with van der Waals surface area (Å²) in [5.74, 6) is 0. The van der Waals surface area contributed by atoms with Crippen molar-refractivity contribution in [3.05, 3.63) is 212 Å². The van der Waals surface area contributed by atoms with Gasteiger partial charge in [0.1, 0.15) is 0 Å². The standard InChI is InChI=1S/C52H35N3/c1-5-16-39(17-6-1)53(40-18-7-2-8-19-40)43-29-25-36(26-30-43)38-28-32-49-46(33-38)48-35-51-47(34-50(48)54(49)41-20-9-3-10-21-41)45-31-27-37-15-13-14-24-44(37)52(45)55(51)42-22-11-4-12-23-42/h1-35H. The fourth-order valence-electron chi connectivity index (χ4n) is 8.57. The zero-order valence-electron chi connectivity index (χ0n) is 30.0. The molecule has 0 N–H and O–H groups in total. The minimum absolute atomic E-state index is 1.12. The molecule has 11 rings (SSSR count). The molecule has 0 aliphatic heterocycles. The lowest BCUT2D eigenvalue weighted by atomic mass is 10.0. The maximum atomic E-state index is 2.46. The molecular weight excluding hydrogens is 667 g/mol. The Morgan fingerprint density at radius 1 is 0.291 bits per heavy atom. The van der Waals surface area contributed by atoms with Crippen LogP contribution >= 0.6 is 0 Å². The Morgan fingerprint density at radius 2 is 0.782 bits per heavy atom. The third-order valence-electron chi connectivity index (χ3n) is 11.1. The molecule has 11 aromatic rings. The number of benzene rings is 9. The highest BCUT2D eigenvalue weighted by Gasteiger charge is 2.20. The number of hydrogen-bond acceptors (Lipinski definition) is 1. The molecule has 2 aromatic heterocycles. The van der Waals surface area contributed by atoms with Gasteiger partial charge in [0.05, 0.1) is 22.1 Å². The SMILES string of the molecule is c1ccc(N(c2ccccc2)c2ccc(-c3ccc4c(c3)c3cc5c(cc3n4-c3ccccc3)c3ccc4ccccc4c3n5-c3ccccc3)cc2)cc1. The number of aromatic nitrogens is 2. The summed E-state index contributed by atoms with van der Waals surface area (Å²) in [6.45, 7) is 0. The molecule has 0 spiro atoms. The van der Waals surface area contributed by atoms with Crippen molar-refractivity contribution >= 4 is 71.4 Å². The first-order chi connectivity index (χ1) is 27.3. The molecule has 0 saturated carbocycles. The van der Waals surface area contributed by atoms with E-state index in [4.69, 9.17) is 0 Å². The van der Waals surface area contributed by atoms with Crippen molar-refractivity contribution in [2.45, 2.75) is 0 Å². The monoisotopic (exact) mass is 701 g/mol. The van der Waals surface area contributed by atoms with Crippen LogP contribution in [0, 0.1) is 0 Å². The van der Waals surface area contributed by atoms with Crippen molar-refractivity contribution in [3.63, 3.8) is 0 Å². The van der Waals surface area contributed by atoms with E-state index >= 15 is 0 Å². The van der Waals surface area contributed by atoms with Crippen molar-refractivity contribution in [2.24, 2.45) is 0 Å². The third kappa shape index (κ3) is 5.05. The summed E-state index contributed by atoms with van der Waals surface area (Å²) in [7, 11) is 0. The second kappa shape index (κ2) is 12.6. The van der Waals surface area contributed by atoms with E-state index in [-0.39, 0.29) is 0 Å². The Balaban J connectivity index is 1.14. The minimum Gasteiger partial charge on any atom is -0.311 e. The molecule has 3 heteroatoms. The lowest BCUT2D eigenvalue weighted by Crippen LogP contribution is -2.09. The maximum absolute atomic E-state index is 2.46. The van der Waals surface area contributed by atoms with Gasteiger partial charge in [0.2, 0.25) is 0 Å². The molecule has 0 unspecified atom stereocenters. The van der Waals surface area contributed by atoms with Gasteiger partial charge in [0, 0.05) is 55.4 Å². The van der Waals surface area contributed by atoms with Crippen LogP contribution in [0.3, 0.4) is 0 Å². The van der Waals surface area contributed by atoms with Gasteiger partial charge in [-0.2, -0.15) is 0 Å². The number of para-hydroxylation sites is 4. The zero-order valence-corrected chi connectivity index (χ0v) is 30.0. The van der Waals surface area contributed by atoms with Crippen LogP contribution in [0.25, 0.3) is 76.9 Å². The predicted molar refractivity (Wildman–Crippen MR) is 233 cm³/mol. The lowest BCUT2D eigenvalue weighted by Gasteiger charge is -2.25. The Bertz CT molecular complexity index is 3120. The van der Waals surface area contributed by atoms with E-state index in [0.29, 0.717) is 0 Å². The van der Waals surface area contributed by atoms with Crippen molar-refractivity contribution in [1.82, 2.24) is 9.13 Å². The van der Waals surface area contributed by atoms with E-state index in [1.807, 2.05) is 0 Å². The summed E-state index contributed by atoms with van der Waals surface area (Å²) in [5, 5.41) is 7.45. The number of rotatable bonds is 6. The maximum Gasteiger partial charge on any atom is 0.0619 e. The molecule has 0 saturated heterocycles. The van der Waals surface area contributed by atoms with Crippen molar-refractivity contribution in [1.29, 1.82) is 0 Å². The van der Waals surface area contributed by atoms with E-state index in [9.17, 15) is 0 Å². The molecule has 0 aliphatic rings. The zero-order chi connectivity index (χ0) is 36.3. The van der Waals surface area contributed by atoms with E-state index in [2.05, 4.69) is 226 Å². The molecule has 258 valence electrons. The molecule has 55 heavy (non-hydrogen) atoms. The Kier molecular flexibility index (Phi) is 7.17. The van der Waals surface area contributed by atoms with Crippen LogP contribution in [0.5, 0.6) is 0 Å². The van der Waals surface area contributed by atoms with Gasteiger partial charge in [-0.1, -0.05) is 127 Å². The first-order valence-corrected chi connectivity index (χ1v) is 18.9. The fourth-order valence-corrected chi connectivity index (χ4v) is 8.57. The Morgan fingerprint density at radius 3 is 1.44 bits per heavy atom. The second-order valence-corrected chi connectivity index (χ2v) is 14.2. The lowest BCUT2D eigenvalue weighted by molar-refractivity contribution is 1.18. The van der Waals surface area contributed by atoms with Crippen LogP contribution in [-0.4, -0.2) is 9.13 Å². The number of nitrogens with zero attached hydrogens (tertiary/aromatic N) is 3. The van der Waals surface area contributed by atoms with Crippen LogP contribution in [0.1, 0.15) is 0 Å². The van der Waals surface area contributed by atoms with Crippen LogP contribution < -0.4 is 4.90 Å². The summed E-state index contributed by atoms with van der Waals surface area (Å²) >= 11 is 0. The summed E-state index contributed by atoms with van der Waals surface area (Å²) < 4.78 is 4.90. The topological polar surface area (TPSA) is 13.1 Å². The van der Waals surface area contributed by atoms with E-state index in [0.717, 1.165) is 28.4 Å². The number of anilines is 3. The minimum atomic E-state index is 1.12. The second-order valence-electron chi connectivity index (χ2n) is 14.2. The molecule has 9 aromatic carbocycles. The van der Waals surface area contributed by atoms with Crippen LogP contribution in [0.15, 0.2) is 212 Å². The normalized spacial score (nSPS) is 11.6. The number of fused-ring (bicyclic) bond motifs is 8. The predicted octanol–water partition coefficient (Wildman–Crippen LogP) is 14.2. The van der Waals surface area contributed by atoms with Crippen LogP contribution in [0.4, 0.5) is 17.1 Å². The van der Waals surface area contributed by atoms with Gasteiger partial charge in [-0.05, 0) is 101 Å².